The van der Waals surface area contributed by atoms with Gasteiger partial charge in [-0.1, -0.05) is 37.3 Å². The first-order chi connectivity index (χ1) is 9.16. The van der Waals surface area contributed by atoms with Crippen molar-refractivity contribution in [3.63, 3.8) is 0 Å². The third kappa shape index (κ3) is 4.19. The van der Waals surface area contributed by atoms with E-state index in [0.29, 0.717) is 0 Å². The normalized spacial score (nSPS) is 26.3. The zero-order chi connectivity index (χ0) is 13.7. The summed E-state index contributed by atoms with van der Waals surface area (Å²) in [6.07, 6.45) is 3.18. The Labute approximate surface area is 128 Å². The van der Waals surface area contributed by atoms with Crippen LogP contribution in [0.15, 0.2) is 30.3 Å². The van der Waals surface area contributed by atoms with Crippen LogP contribution in [-0.2, 0) is 15.3 Å². The molecule has 1 aromatic rings. The van der Waals surface area contributed by atoms with Crippen LogP contribution < -0.4 is 0 Å². The van der Waals surface area contributed by atoms with E-state index >= 15 is 0 Å². The van der Waals surface area contributed by atoms with E-state index in [1.807, 2.05) is 18.2 Å². The van der Waals surface area contributed by atoms with Gasteiger partial charge in [0.1, 0.15) is 0 Å². The Bertz CT molecular complexity index is 385. The molecule has 3 nitrogen and oxygen atoms in total. The van der Waals surface area contributed by atoms with E-state index < -0.39 is 5.79 Å². The lowest BCUT2D eigenvalue weighted by atomic mass is 10.0. The van der Waals surface area contributed by atoms with Gasteiger partial charge in [0.15, 0.2) is 5.79 Å². The zero-order valence-corrected chi connectivity index (χ0v) is 13.5. The van der Waals surface area contributed by atoms with Gasteiger partial charge in [0.05, 0.1) is 12.7 Å². The molecule has 1 heterocycles. The van der Waals surface area contributed by atoms with E-state index in [-0.39, 0.29) is 18.5 Å². The highest BCUT2D eigenvalue weighted by Gasteiger charge is 2.38. The molecule has 2 rings (SSSR count). The van der Waals surface area contributed by atoms with Crippen LogP contribution in [0.3, 0.4) is 0 Å². The van der Waals surface area contributed by atoms with Crippen LogP contribution in [0.1, 0.15) is 31.7 Å². The molecular weight excluding hydrogens is 274 g/mol. The second kappa shape index (κ2) is 7.99. The first-order valence-corrected chi connectivity index (χ1v) is 7.18. The van der Waals surface area contributed by atoms with Crippen molar-refractivity contribution in [3.05, 3.63) is 35.9 Å². The minimum Gasteiger partial charge on any atom is -0.346 e. The van der Waals surface area contributed by atoms with Crippen LogP contribution in [0.25, 0.3) is 0 Å². The number of hydrogen-bond donors (Lipinski definition) is 0. The summed E-state index contributed by atoms with van der Waals surface area (Å²) in [5, 5.41) is 0. The Kier molecular flexibility index (Phi) is 6.96. The van der Waals surface area contributed by atoms with E-state index in [1.54, 1.807) is 0 Å². The summed E-state index contributed by atoms with van der Waals surface area (Å²) in [7, 11) is 4.20. The van der Waals surface area contributed by atoms with Crippen molar-refractivity contribution in [2.75, 3.05) is 27.2 Å². The lowest BCUT2D eigenvalue weighted by Gasteiger charge is -2.41. The van der Waals surface area contributed by atoms with Gasteiger partial charge in [0, 0.05) is 12.0 Å². The third-order valence-corrected chi connectivity index (χ3v) is 3.71. The van der Waals surface area contributed by atoms with Crippen molar-refractivity contribution in [1.29, 1.82) is 0 Å². The number of nitrogens with zero attached hydrogens (tertiary/aromatic N) is 1. The molecule has 0 N–H and O–H groups in total. The van der Waals surface area contributed by atoms with Gasteiger partial charge < -0.3 is 14.4 Å². The lowest BCUT2D eigenvalue weighted by molar-refractivity contribution is -0.305. The molecule has 0 amide bonds. The van der Waals surface area contributed by atoms with E-state index in [4.69, 9.17) is 9.47 Å². The lowest BCUT2D eigenvalue weighted by Crippen LogP contribution is -2.42. The van der Waals surface area contributed by atoms with Gasteiger partial charge in [-0.15, -0.1) is 12.4 Å². The molecule has 4 heteroatoms. The summed E-state index contributed by atoms with van der Waals surface area (Å²) in [6, 6.07) is 10.3. The van der Waals surface area contributed by atoms with Gasteiger partial charge in [-0.3, -0.25) is 0 Å². The van der Waals surface area contributed by atoms with Crippen LogP contribution in [0, 0.1) is 0 Å². The molecule has 1 fully saturated rings. The highest BCUT2D eigenvalue weighted by molar-refractivity contribution is 5.85. The maximum Gasteiger partial charge on any atom is 0.194 e. The number of halogens is 1. The first kappa shape index (κ1) is 17.4. The van der Waals surface area contributed by atoms with Crippen molar-refractivity contribution < 1.29 is 9.47 Å². The minimum absolute atomic E-state index is 0. The minimum atomic E-state index is -0.545. The van der Waals surface area contributed by atoms with Gasteiger partial charge in [0.2, 0.25) is 0 Å². The van der Waals surface area contributed by atoms with Gasteiger partial charge >= 0.3 is 0 Å². The third-order valence-electron chi connectivity index (χ3n) is 3.71. The molecule has 1 aliphatic rings. The van der Waals surface area contributed by atoms with E-state index in [1.165, 1.54) is 0 Å². The summed E-state index contributed by atoms with van der Waals surface area (Å²) >= 11 is 0. The number of benzene rings is 1. The van der Waals surface area contributed by atoms with Gasteiger partial charge in [-0.2, -0.15) is 0 Å². The van der Waals surface area contributed by atoms with Crippen molar-refractivity contribution in [1.82, 2.24) is 4.90 Å². The highest BCUT2D eigenvalue weighted by Crippen LogP contribution is 2.36. The van der Waals surface area contributed by atoms with Crippen LogP contribution in [0.4, 0.5) is 0 Å². The molecule has 1 saturated heterocycles. The largest absolute Gasteiger partial charge is 0.346 e. The van der Waals surface area contributed by atoms with Gasteiger partial charge in [0.25, 0.3) is 0 Å². The molecule has 0 spiro atoms. The topological polar surface area (TPSA) is 21.7 Å². The maximum absolute atomic E-state index is 6.31. The molecule has 1 aromatic carbocycles. The fourth-order valence-corrected chi connectivity index (χ4v) is 2.56. The molecule has 114 valence electrons. The van der Waals surface area contributed by atoms with Crippen molar-refractivity contribution >= 4 is 12.4 Å². The molecule has 0 aliphatic carbocycles. The quantitative estimate of drug-likeness (QED) is 0.831. The molecular formula is C16H26ClNO2. The Morgan fingerprint density at radius 3 is 2.55 bits per heavy atom. The van der Waals surface area contributed by atoms with Crippen LogP contribution in [0.2, 0.25) is 0 Å². The summed E-state index contributed by atoms with van der Waals surface area (Å²) in [4.78, 5) is 2.20. The Morgan fingerprint density at radius 1 is 1.25 bits per heavy atom. The number of ether oxygens (including phenoxy) is 2. The number of rotatable bonds is 5. The fraction of sp³-hybridized carbons (Fsp3) is 0.625. The van der Waals surface area contributed by atoms with E-state index in [0.717, 1.165) is 38.0 Å². The predicted molar refractivity (Wildman–Crippen MR) is 84.3 cm³/mol. The second-order valence-electron chi connectivity index (χ2n) is 5.44. The SMILES string of the molecule is CC[C@@]1(c2ccccc2)OCC[C@@H](CCN(C)C)O1.Cl. The van der Waals surface area contributed by atoms with Gasteiger partial charge in [-0.05, 0) is 33.5 Å². The molecule has 1 aliphatic heterocycles. The molecule has 0 aromatic heterocycles. The Hall–Kier alpha value is -0.610. The van der Waals surface area contributed by atoms with E-state index in [9.17, 15) is 0 Å². The van der Waals surface area contributed by atoms with Crippen LogP contribution >= 0.6 is 12.4 Å². The fourth-order valence-electron chi connectivity index (χ4n) is 2.56. The molecule has 20 heavy (non-hydrogen) atoms. The van der Waals surface area contributed by atoms with Crippen molar-refractivity contribution in [3.8, 4) is 0 Å². The predicted octanol–water partition coefficient (Wildman–Crippen LogP) is 3.43. The highest BCUT2D eigenvalue weighted by atomic mass is 35.5. The number of hydrogen-bond acceptors (Lipinski definition) is 3. The molecule has 0 radical (unpaired) electrons. The van der Waals surface area contributed by atoms with Crippen molar-refractivity contribution in [2.45, 2.75) is 38.1 Å². The van der Waals surface area contributed by atoms with Crippen molar-refractivity contribution in [2.24, 2.45) is 0 Å². The Balaban J connectivity index is 0.00000200. The smallest absolute Gasteiger partial charge is 0.194 e. The molecule has 2 atom stereocenters. The van der Waals surface area contributed by atoms with Crippen LogP contribution in [0.5, 0.6) is 0 Å². The second-order valence-corrected chi connectivity index (χ2v) is 5.44. The summed E-state index contributed by atoms with van der Waals surface area (Å²) in [5.41, 5.74) is 1.13. The summed E-state index contributed by atoms with van der Waals surface area (Å²) in [5.74, 6) is -0.545. The standard InChI is InChI=1S/C16H25NO2.ClH/c1-4-16(14-8-6-5-7-9-14)18-13-11-15(19-16)10-12-17(2)3;/h5-9,15H,4,10-13H2,1-3H3;1H/t15-,16-;/m1./s1. The Morgan fingerprint density at radius 2 is 1.95 bits per heavy atom. The maximum atomic E-state index is 6.31. The van der Waals surface area contributed by atoms with Gasteiger partial charge in [-0.25, -0.2) is 0 Å². The molecule has 0 unspecified atom stereocenters. The average molecular weight is 300 g/mol. The van der Waals surface area contributed by atoms with Crippen LogP contribution in [-0.4, -0.2) is 38.3 Å². The monoisotopic (exact) mass is 299 g/mol. The van der Waals surface area contributed by atoms with E-state index in [2.05, 4.69) is 38.1 Å². The average Bonchev–Trinajstić information content (AvgIpc) is 2.46. The summed E-state index contributed by atoms with van der Waals surface area (Å²) < 4.78 is 12.3. The zero-order valence-electron chi connectivity index (χ0n) is 12.7. The molecule has 0 bridgehead atoms. The molecule has 0 saturated carbocycles. The first-order valence-electron chi connectivity index (χ1n) is 7.18. The summed E-state index contributed by atoms with van der Waals surface area (Å²) in [6.45, 7) is 3.96.